The van der Waals surface area contributed by atoms with E-state index in [0.717, 1.165) is 22.9 Å². The third-order valence-corrected chi connectivity index (χ3v) is 2.90. The standard InChI is InChI=1S/C11H9Cl2N/c1-2-7-9(12)6-10(13)8-4-3-5-14-11(7)8/h3-6H,2H2,1H3. The first-order chi connectivity index (χ1) is 6.74. The van der Waals surface area contributed by atoms with Gasteiger partial charge in [-0.1, -0.05) is 30.1 Å². The highest BCUT2D eigenvalue weighted by Gasteiger charge is 2.08. The third kappa shape index (κ3) is 1.47. The van der Waals surface area contributed by atoms with Crippen molar-refractivity contribution in [2.45, 2.75) is 13.3 Å². The summed E-state index contributed by atoms with van der Waals surface area (Å²) in [5.41, 5.74) is 1.97. The molecule has 1 heterocycles. The smallest absolute Gasteiger partial charge is 0.0763 e. The summed E-state index contributed by atoms with van der Waals surface area (Å²) < 4.78 is 0. The second-order valence-corrected chi connectivity index (χ2v) is 3.89. The Bertz CT molecular complexity index is 480. The molecule has 14 heavy (non-hydrogen) atoms. The minimum absolute atomic E-state index is 0.662. The van der Waals surface area contributed by atoms with E-state index in [-0.39, 0.29) is 0 Å². The van der Waals surface area contributed by atoms with Gasteiger partial charge in [-0.25, -0.2) is 0 Å². The number of hydrogen-bond acceptors (Lipinski definition) is 1. The molecule has 0 bridgehead atoms. The number of pyridine rings is 1. The van der Waals surface area contributed by atoms with Crippen LogP contribution in [0.1, 0.15) is 12.5 Å². The summed E-state index contributed by atoms with van der Waals surface area (Å²) >= 11 is 12.2. The van der Waals surface area contributed by atoms with Crippen molar-refractivity contribution < 1.29 is 0 Å². The molecule has 0 amide bonds. The van der Waals surface area contributed by atoms with Crippen LogP contribution in [0.25, 0.3) is 10.9 Å². The maximum atomic E-state index is 6.08. The molecule has 0 radical (unpaired) electrons. The number of nitrogens with zero attached hydrogens (tertiary/aromatic N) is 1. The minimum atomic E-state index is 0.662. The highest BCUT2D eigenvalue weighted by atomic mass is 35.5. The average molecular weight is 226 g/mol. The fraction of sp³-hybridized carbons (Fsp3) is 0.182. The Morgan fingerprint density at radius 2 is 2.07 bits per heavy atom. The molecule has 0 N–H and O–H groups in total. The maximum Gasteiger partial charge on any atom is 0.0763 e. The van der Waals surface area contributed by atoms with E-state index in [9.17, 15) is 0 Å². The van der Waals surface area contributed by atoms with Gasteiger partial charge in [0.25, 0.3) is 0 Å². The number of rotatable bonds is 1. The molecule has 1 nitrogen and oxygen atoms in total. The number of aryl methyl sites for hydroxylation is 1. The minimum Gasteiger partial charge on any atom is -0.256 e. The molecule has 0 aliphatic rings. The number of benzene rings is 1. The van der Waals surface area contributed by atoms with E-state index in [1.165, 1.54) is 0 Å². The zero-order valence-electron chi connectivity index (χ0n) is 7.72. The fourth-order valence-corrected chi connectivity index (χ4v) is 2.21. The summed E-state index contributed by atoms with van der Waals surface area (Å²) in [7, 11) is 0. The lowest BCUT2D eigenvalue weighted by Gasteiger charge is -2.07. The van der Waals surface area contributed by atoms with Crippen LogP contribution in [-0.4, -0.2) is 4.98 Å². The molecule has 0 aliphatic heterocycles. The fourth-order valence-electron chi connectivity index (χ4n) is 1.56. The summed E-state index contributed by atoms with van der Waals surface area (Å²) in [6, 6.07) is 5.62. The summed E-state index contributed by atoms with van der Waals surface area (Å²) in [4.78, 5) is 4.30. The molecule has 0 saturated heterocycles. The van der Waals surface area contributed by atoms with E-state index in [1.807, 2.05) is 12.1 Å². The van der Waals surface area contributed by atoms with Crippen molar-refractivity contribution in [3.05, 3.63) is 40.0 Å². The van der Waals surface area contributed by atoms with Crippen LogP contribution in [0.5, 0.6) is 0 Å². The van der Waals surface area contributed by atoms with Gasteiger partial charge in [0.15, 0.2) is 0 Å². The van der Waals surface area contributed by atoms with Gasteiger partial charge < -0.3 is 0 Å². The molecule has 0 unspecified atom stereocenters. The Labute approximate surface area is 92.7 Å². The van der Waals surface area contributed by atoms with E-state index in [0.29, 0.717) is 10.0 Å². The highest BCUT2D eigenvalue weighted by molar-refractivity contribution is 6.39. The van der Waals surface area contributed by atoms with Crippen molar-refractivity contribution in [3.63, 3.8) is 0 Å². The molecule has 2 aromatic rings. The number of hydrogen-bond donors (Lipinski definition) is 0. The van der Waals surface area contributed by atoms with Crippen molar-refractivity contribution in [1.29, 1.82) is 0 Å². The molecular weight excluding hydrogens is 217 g/mol. The average Bonchev–Trinajstić information content (AvgIpc) is 2.18. The zero-order chi connectivity index (χ0) is 10.1. The monoisotopic (exact) mass is 225 g/mol. The van der Waals surface area contributed by atoms with Gasteiger partial charge in [-0.05, 0) is 30.2 Å². The summed E-state index contributed by atoms with van der Waals surface area (Å²) in [6.07, 6.45) is 2.62. The molecule has 0 fully saturated rings. The van der Waals surface area contributed by atoms with Crippen molar-refractivity contribution >= 4 is 34.1 Å². The topological polar surface area (TPSA) is 12.9 Å². The van der Waals surface area contributed by atoms with Crippen LogP contribution >= 0.6 is 23.2 Å². The normalized spacial score (nSPS) is 10.8. The van der Waals surface area contributed by atoms with Gasteiger partial charge in [0, 0.05) is 16.6 Å². The Balaban J connectivity index is 2.90. The van der Waals surface area contributed by atoms with Gasteiger partial charge in [-0.3, -0.25) is 4.98 Å². The van der Waals surface area contributed by atoms with Crippen molar-refractivity contribution in [2.24, 2.45) is 0 Å². The van der Waals surface area contributed by atoms with Crippen LogP contribution in [-0.2, 0) is 6.42 Å². The Hall–Kier alpha value is -0.790. The van der Waals surface area contributed by atoms with Crippen LogP contribution in [0, 0.1) is 0 Å². The second-order valence-electron chi connectivity index (χ2n) is 3.07. The van der Waals surface area contributed by atoms with Crippen molar-refractivity contribution in [3.8, 4) is 0 Å². The third-order valence-electron chi connectivity index (χ3n) is 2.25. The summed E-state index contributed by atoms with van der Waals surface area (Å²) in [5.74, 6) is 0. The number of aromatic nitrogens is 1. The molecule has 1 aromatic carbocycles. The molecule has 1 aromatic heterocycles. The number of fused-ring (bicyclic) bond motifs is 1. The van der Waals surface area contributed by atoms with E-state index in [4.69, 9.17) is 23.2 Å². The summed E-state index contributed by atoms with van der Waals surface area (Å²) in [5, 5.41) is 2.33. The predicted octanol–water partition coefficient (Wildman–Crippen LogP) is 4.10. The van der Waals surface area contributed by atoms with Gasteiger partial charge in [0.1, 0.15) is 0 Å². The lowest BCUT2D eigenvalue weighted by Crippen LogP contribution is -1.89. The largest absolute Gasteiger partial charge is 0.256 e. The Kier molecular flexibility index (Phi) is 2.62. The molecule has 0 saturated carbocycles. The quantitative estimate of drug-likeness (QED) is 0.713. The van der Waals surface area contributed by atoms with Crippen molar-refractivity contribution in [1.82, 2.24) is 4.98 Å². The molecule has 72 valence electrons. The first-order valence-electron chi connectivity index (χ1n) is 4.45. The SMILES string of the molecule is CCc1c(Cl)cc(Cl)c2cccnc12. The Morgan fingerprint density at radius 1 is 1.29 bits per heavy atom. The van der Waals surface area contributed by atoms with Gasteiger partial charge in [0.2, 0.25) is 0 Å². The van der Waals surface area contributed by atoms with E-state index in [2.05, 4.69) is 11.9 Å². The van der Waals surface area contributed by atoms with Crippen LogP contribution in [0.2, 0.25) is 10.0 Å². The van der Waals surface area contributed by atoms with Crippen LogP contribution in [0.4, 0.5) is 0 Å². The second kappa shape index (κ2) is 3.76. The van der Waals surface area contributed by atoms with Crippen molar-refractivity contribution in [2.75, 3.05) is 0 Å². The molecule has 3 heteroatoms. The van der Waals surface area contributed by atoms with Gasteiger partial charge in [-0.15, -0.1) is 0 Å². The van der Waals surface area contributed by atoms with Gasteiger partial charge in [-0.2, -0.15) is 0 Å². The lowest BCUT2D eigenvalue weighted by atomic mass is 10.1. The first-order valence-corrected chi connectivity index (χ1v) is 5.21. The zero-order valence-corrected chi connectivity index (χ0v) is 9.23. The molecular formula is C11H9Cl2N. The van der Waals surface area contributed by atoms with E-state index < -0.39 is 0 Å². The van der Waals surface area contributed by atoms with E-state index >= 15 is 0 Å². The first kappa shape index (κ1) is 9.75. The lowest BCUT2D eigenvalue weighted by molar-refractivity contribution is 1.14. The molecule has 0 atom stereocenters. The number of halogens is 2. The van der Waals surface area contributed by atoms with Gasteiger partial charge >= 0.3 is 0 Å². The van der Waals surface area contributed by atoms with Crippen LogP contribution in [0.15, 0.2) is 24.4 Å². The maximum absolute atomic E-state index is 6.08. The highest BCUT2D eigenvalue weighted by Crippen LogP contribution is 2.31. The van der Waals surface area contributed by atoms with Crippen LogP contribution in [0.3, 0.4) is 0 Å². The van der Waals surface area contributed by atoms with Crippen LogP contribution < -0.4 is 0 Å². The Morgan fingerprint density at radius 3 is 2.79 bits per heavy atom. The predicted molar refractivity (Wildman–Crippen MR) is 61.1 cm³/mol. The van der Waals surface area contributed by atoms with E-state index in [1.54, 1.807) is 12.3 Å². The van der Waals surface area contributed by atoms with Gasteiger partial charge in [0.05, 0.1) is 10.5 Å². The molecule has 0 spiro atoms. The summed E-state index contributed by atoms with van der Waals surface area (Å²) in [6.45, 7) is 2.06. The molecule has 0 aliphatic carbocycles. The molecule has 2 rings (SSSR count).